The molecule has 1 aliphatic rings. The average molecular weight is 503 g/mol. The minimum atomic E-state index is -1.10. The fourth-order valence-corrected chi connectivity index (χ4v) is 4.80. The molecule has 10 heteroatoms. The summed E-state index contributed by atoms with van der Waals surface area (Å²) in [5.74, 6) is -3.48. The Balaban J connectivity index is 1.54. The van der Waals surface area contributed by atoms with Gasteiger partial charge in [-0.3, -0.25) is 9.59 Å². The number of fused-ring (bicyclic) bond motifs is 1. The SMILES string of the molecule is CN1CCC(C(=O)N(C=O)c2c(F)ccc(OCc3nc4cc(C(C)(C)C)cnc4s3)c2F)CC1. The molecule has 0 saturated carbocycles. The van der Waals surface area contributed by atoms with Crippen molar-refractivity contribution in [3.8, 4) is 5.75 Å². The Bertz CT molecular complexity index is 1250. The zero-order chi connectivity index (χ0) is 25.3. The first-order chi connectivity index (χ1) is 16.6. The van der Waals surface area contributed by atoms with Gasteiger partial charge in [0.2, 0.25) is 12.3 Å². The number of hydrogen-bond acceptors (Lipinski definition) is 7. The highest BCUT2D eigenvalue weighted by Crippen LogP contribution is 2.33. The van der Waals surface area contributed by atoms with Gasteiger partial charge in [0.25, 0.3) is 0 Å². The molecular weight excluding hydrogens is 474 g/mol. The van der Waals surface area contributed by atoms with Crippen molar-refractivity contribution in [2.24, 2.45) is 5.92 Å². The van der Waals surface area contributed by atoms with Crippen LogP contribution in [-0.4, -0.2) is 47.3 Å². The summed E-state index contributed by atoms with van der Waals surface area (Å²) < 4.78 is 35.5. The number of hydrogen-bond donors (Lipinski definition) is 0. The molecule has 186 valence electrons. The van der Waals surface area contributed by atoms with Gasteiger partial charge in [-0.1, -0.05) is 32.1 Å². The van der Waals surface area contributed by atoms with E-state index in [-0.39, 0.29) is 24.2 Å². The Morgan fingerprint density at radius 2 is 2.00 bits per heavy atom. The van der Waals surface area contributed by atoms with Crippen molar-refractivity contribution in [1.29, 1.82) is 0 Å². The molecule has 3 heterocycles. The molecule has 0 radical (unpaired) electrons. The summed E-state index contributed by atoms with van der Waals surface area (Å²) in [6.45, 7) is 7.53. The maximum absolute atomic E-state index is 15.3. The van der Waals surface area contributed by atoms with Crippen LogP contribution in [0.2, 0.25) is 0 Å². The molecule has 0 aliphatic carbocycles. The maximum Gasteiger partial charge on any atom is 0.236 e. The second kappa shape index (κ2) is 9.94. The van der Waals surface area contributed by atoms with Gasteiger partial charge in [-0.15, -0.1) is 0 Å². The molecule has 2 amide bonds. The molecular formula is C25H28F2N4O3S. The van der Waals surface area contributed by atoms with Gasteiger partial charge in [0, 0.05) is 12.1 Å². The fraction of sp³-hybridized carbons (Fsp3) is 0.440. The fourth-order valence-electron chi connectivity index (χ4n) is 4.00. The number of likely N-dealkylation sites (tertiary alicyclic amines) is 1. The van der Waals surface area contributed by atoms with Gasteiger partial charge < -0.3 is 9.64 Å². The summed E-state index contributed by atoms with van der Waals surface area (Å²) in [5, 5.41) is 0.568. The molecule has 0 N–H and O–H groups in total. The molecule has 3 aromatic rings. The first kappa shape index (κ1) is 25.1. The van der Waals surface area contributed by atoms with Crippen LogP contribution in [0, 0.1) is 17.6 Å². The van der Waals surface area contributed by atoms with Crippen LogP contribution in [0.5, 0.6) is 5.75 Å². The molecule has 1 aliphatic heterocycles. The van der Waals surface area contributed by atoms with E-state index in [0.29, 0.717) is 35.8 Å². The highest BCUT2D eigenvalue weighted by Gasteiger charge is 2.32. The third kappa shape index (κ3) is 5.33. The molecule has 0 spiro atoms. The molecule has 1 aromatic carbocycles. The van der Waals surface area contributed by atoms with Crippen molar-refractivity contribution in [2.75, 3.05) is 25.0 Å². The maximum atomic E-state index is 15.3. The predicted molar refractivity (Wildman–Crippen MR) is 131 cm³/mol. The smallest absolute Gasteiger partial charge is 0.236 e. The number of nitrogens with zero attached hydrogens (tertiary/aromatic N) is 4. The van der Waals surface area contributed by atoms with Gasteiger partial charge in [0.1, 0.15) is 27.6 Å². The van der Waals surface area contributed by atoms with E-state index in [1.54, 1.807) is 0 Å². The summed E-state index contributed by atoms with van der Waals surface area (Å²) in [5.41, 5.74) is 0.962. The Labute approximate surface area is 206 Å². The Morgan fingerprint density at radius 3 is 2.66 bits per heavy atom. The summed E-state index contributed by atoms with van der Waals surface area (Å²) in [6, 6.07) is 4.09. The van der Waals surface area contributed by atoms with Gasteiger partial charge in [-0.05, 0) is 62.2 Å². The van der Waals surface area contributed by atoms with E-state index >= 15 is 4.39 Å². The van der Waals surface area contributed by atoms with Crippen molar-refractivity contribution < 1.29 is 23.1 Å². The normalized spacial score (nSPS) is 15.4. The molecule has 7 nitrogen and oxygen atoms in total. The van der Waals surface area contributed by atoms with Crippen molar-refractivity contribution in [3.63, 3.8) is 0 Å². The summed E-state index contributed by atoms with van der Waals surface area (Å²) >= 11 is 1.32. The average Bonchev–Trinajstić information content (AvgIpc) is 3.23. The van der Waals surface area contributed by atoms with Crippen LogP contribution in [0.25, 0.3) is 10.3 Å². The molecule has 4 rings (SSSR count). The minimum absolute atomic E-state index is 0.0716. The number of thiazole rings is 1. The van der Waals surface area contributed by atoms with Crippen LogP contribution >= 0.6 is 11.3 Å². The zero-order valence-corrected chi connectivity index (χ0v) is 21.0. The number of piperidine rings is 1. The molecule has 0 bridgehead atoms. The number of anilines is 1. The predicted octanol–water partition coefficient (Wildman–Crippen LogP) is 4.68. The van der Waals surface area contributed by atoms with Crippen molar-refractivity contribution in [2.45, 2.75) is 45.6 Å². The van der Waals surface area contributed by atoms with Crippen molar-refractivity contribution in [1.82, 2.24) is 14.9 Å². The lowest BCUT2D eigenvalue weighted by Crippen LogP contribution is -2.41. The number of benzene rings is 1. The quantitative estimate of drug-likeness (QED) is 0.456. The number of imide groups is 1. The number of aromatic nitrogens is 2. The number of ether oxygens (including phenoxy) is 1. The summed E-state index contributed by atoms with van der Waals surface area (Å²) in [6.07, 6.45) is 3.01. The lowest BCUT2D eigenvalue weighted by molar-refractivity contribution is -0.126. The van der Waals surface area contributed by atoms with E-state index < -0.39 is 29.1 Å². The number of pyridine rings is 1. The lowest BCUT2D eigenvalue weighted by atomic mass is 9.88. The van der Waals surface area contributed by atoms with Crippen molar-refractivity contribution in [3.05, 3.63) is 46.6 Å². The molecule has 35 heavy (non-hydrogen) atoms. The summed E-state index contributed by atoms with van der Waals surface area (Å²) in [4.78, 5) is 37.0. The van der Waals surface area contributed by atoms with E-state index in [2.05, 4.69) is 35.6 Å². The van der Waals surface area contributed by atoms with Gasteiger partial charge >= 0.3 is 0 Å². The number of halogens is 2. The van der Waals surface area contributed by atoms with Gasteiger partial charge in [-0.25, -0.2) is 23.6 Å². The number of carbonyl (C=O) groups excluding carboxylic acids is 2. The van der Waals surface area contributed by atoms with Crippen LogP contribution < -0.4 is 9.64 Å². The molecule has 2 aromatic heterocycles. The lowest BCUT2D eigenvalue weighted by Gasteiger charge is -2.30. The molecule has 0 atom stereocenters. The number of carbonyl (C=O) groups is 2. The Kier molecular flexibility index (Phi) is 7.14. The first-order valence-electron chi connectivity index (χ1n) is 11.4. The van der Waals surface area contributed by atoms with Crippen LogP contribution in [0.15, 0.2) is 24.4 Å². The standard InChI is InChI=1S/C25H28F2N4O3S/c1-25(2,3)16-11-18-23(28-12-16)35-20(29-18)13-34-19-6-5-17(26)22(21(19)27)31(14-32)24(33)15-7-9-30(4)10-8-15/h5-6,11-12,14-15H,7-10,13H2,1-4H3. The van der Waals surface area contributed by atoms with Gasteiger partial charge in [0.15, 0.2) is 17.4 Å². The highest BCUT2D eigenvalue weighted by atomic mass is 32.1. The zero-order valence-electron chi connectivity index (χ0n) is 20.2. The molecule has 0 unspecified atom stereocenters. The van der Waals surface area contributed by atoms with Crippen LogP contribution in [0.4, 0.5) is 14.5 Å². The third-order valence-electron chi connectivity index (χ3n) is 6.19. The van der Waals surface area contributed by atoms with Gasteiger partial charge in [-0.2, -0.15) is 0 Å². The van der Waals surface area contributed by atoms with E-state index in [1.807, 2.05) is 19.3 Å². The Hall–Kier alpha value is -2.98. The number of amides is 2. The number of rotatable bonds is 6. The van der Waals surface area contributed by atoms with Crippen LogP contribution in [0.1, 0.15) is 44.2 Å². The minimum Gasteiger partial charge on any atom is -0.483 e. The molecule has 1 fully saturated rings. The Morgan fingerprint density at radius 1 is 1.29 bits per heavy atom. The second-order valence-electron chi connectivity index (χ2n) is 9.79. The van der Waals surface area contributed by atoms with Gasteiger partial charge in [0.05, 0.1) is 0 Å². The van der Waals surface area contributed by atoms with E-state index in [1.165, 1.54) is 11.3 Å². The third-order valence-corrected chi connectivity index (χ3v) is 7.14. The van der Waals surface area contributed by atoms with Crippen LogP contribution in [-0.2, 0) is 21.6 Å². The molecule has 1 saturated heterocycles. The van der Waals surface area contributed by atoms with Crippen molar-refractivity contribution >= 4 is 39.7 Å². The summed E-state index contributed by atoms with van der Waals surface area (Å²) in [7, 11) is 1.93. The van der Waals surface area contributed by atoms with Crippen LogP contribution in [0.3, 0.4) is 0 Å². The van der Waals surface area contributed by atoms with E-state index in [9.17, 15) is 14.0 Å². The van der Waals surface area contributed by atoms with E-state index in [4.69, 9.17) is 4.74 Å². The largest absolute Gasteiger partial charge is 0.483 e. The monoisotopic (exact) mass is 502 g/mol. The second-order valence-corrected chi connectivity index (χ2v) is 10.9. The first-order valence-corrected chi connectivity index (χ1v) is 12.2. The topological polar surface area (TPSA) is 75.6 Å². The van der Waals surface area contributed by atoms with E-state index in [0.717, 1.165) is 28.0 Å². The highest BCUT2D eigenvalue weighted by molar-refractivity contribution is 7.18.